The zero-order valence-electron chi connectivity index (χ0n) is 10.7. The fraction of sp³-hybridized carbons (Fsp3) is 0.357. The summed E-state index contributed by atoms with van der Waals surface area (Å²) in [7, 11) is 0. The summed E-state index contributed by atoms with van der Waals surface area (Å²) in [6.45, 7) is 3.88. The molecule has 0 amide bonds. The summed E-state index contributed by atoms with van der Waals surface area (Å²) in [6.07, 6.45) is 5.23. The Labute approximate surface area is 112 Å². The van der Waals surface area contributed by atoms with Crippen molar-refractivity contribution >= 4 is 11.8 Å². The zero-order valence-corrected chi connectivity index (χ0v) is 11.5. The molecule has 4 heteroatoms. The van der Waals surface area contributed by atoms with Crippen LogP contribution in [0.4, 0.5) is 0 Å². The van der Waals surface area contributed by atoms with Crippen molar-refractivity contribution in [1.82, 2.24) is 9.55 Å². The van der Waals surface area contributed by atoms with Crippen LogP contribution >= 0.6 is 11.8 Å². The summed E-state index contributed by atoms with van der Waals surface area (Å²) in [5.41, 5.74) is 2.39. The molecule has 2 rings (SSSR count). The summed E-state index contributed by atoms with van der Waals surface area (Å²) in [5, 5.41) is 9.70. The molecule has 0 saturated heterocycles. The minimum absolute atomic E-state index is 0.262. The quantitative estimate of drug-likeness (QED) is 0.900. The Hall–Kier alpha value is -1.26. The van der Waals surface area contributed by atoms with E-state index in [9.17, 15) is 5.11 Å². The van der Waals surface area contributed by atoms with E-state index in [2.05, 4.69) is 36.2 Å². The number of aromatic nitrogens is 2. The molecule has 96 valence electrons. The van der Waals surface area contributed by atoms with Gasteiger partial charge < -0.3 is 9.67 Å². The van der Waals surface area contributed by atoms with E-state index in [4.69, 9.17) is 0 Å². The van der Waals surface area contributed by atoms with Crippen molar-refractivity contribution in [1.29, 1.82) is 0 Å². The fourth-order valence-corrected chi connectivity index (χ4v) is 2.47. The van der Waals surface area contributed by atoms with Crippen molar-refractivity contribution in [3.05, 3.63) is 48.5 Å². The Bertz CT molecular complexity index is 465. The van der Waals surface area contributed by atoms with Crippen LogP contribution < -0.4 is 0 Å². The van der Waals surface area contributed by atoms with Gasteiger partial charge in [-0.15, -0.1) is 0 Å². The molecule has 2 aromatic rings. The van der Waals surface area contributed by atoms with Gasteiger partial charge in [-0.1, -0.05) is 19.1 Å². The van der Waals surface area contributed by atoms with Gasteiger partial charge in [0.15, 0.2) is 0 Å². The third-order valence-corrected chi connectivity index (χ3v) is 4.35. The van der Waals surface area contributed by atoms with Crippen LogP contribution in [-0.2, 0) is 5.75 Å². The number of rotatable bonds is 5. The molecular weight excluding hydrogens is 244 g/mol. The Morgan fingerprint density at radius 1 is 1.28 bits per heavy atom. The van der Waals surface area contributed by atoms with E-state index in [-0.39, 0.29) is 11.4 Å². The molecule has 0 aliphatic rings. The van der Waals surface area contributed by atoms with E-state index in [0.29, 0.717) is 0 Å². The Morgan fingerprint density at radius 2 is 2.00 bits per heavy atom. The molecule has 1 N–H and O–H groups in total. The predicted octanol–water partition coefficient (Wildman–Crippen LogP) is 2.87. The van der Waals surface area contributed by atoms with Gasteiger partial charge in [0.1, 0.15) is 0 Å². The molecule has 0 bridgehead atoms. The molecule has 0 aliphatic carbocycles. The number of hydrogen-bond donors (Lipinski definition) is 1. The molecule has 1 aromatic carbocycles. The van der Waals surface area contributed by atoms with Gasteiger partial charge in [0.05, 0.1) is 12.4 Å². The van der Waals surface area contributed by atoms with Gasteiger partial charge in [-0.05, 0) is 24.6 Å². The number of thioether (sulfide) groups is 1. The lowest BCUT2D eigenvalue weighted by Crippen LogP contribution is -2.15. The average molecular weight is 262 g/mol. The highest BCUT2D eigenvalue weighted by Gasteiger charge is 2.08. The largest absolute Gasteiger partial charge is 0.392 e. The molecule has 0 spiro atoms. The van der Waals surface area contributed by atoms with E-state index in [1.54, 1.807) is 24.3 Å². The van der Waals surface area contributed by atoms with Crippen LogP contribution in [0.15, 0.2) is 43.0 Å². The maximum Gasteiger partial charge on any atom is 0.0991 e. The summed E-state index contributed by atoms with van der Waals surface area (Å²) >= 11 is 1.77. The second kappa shape index (κ2) is 6.07. The average Bonchev–Trinajstić information content (AvgIpc) is 2.90. The number of aliphatic hydroxyl groups excluding tert-OH is 1. The second-order valence-corrected chi connectivity index (χ2v) is 5.76. The second-order valence-electron chi connectivity index (χ2n) is 4.39. The molecular formula is C14H18N2OS. The zero-order chi connectivity index (χ0) is 13.0. The van der Waals surface area contributed by atoms with Gasteiger partial charge >= 0.3 is 0 Å². The van der Waals surface area contributed by atoms with Crippen LogP contribution in [0, 0.1) is 0 Å². The highest BCUT2D eigenvalue weighted by molar-refractivity contribution is 7.99. The van der Waals surface area contributed by atoms with Crippen LogP contribution in [0.5, 0.6) is 0 Å². The van der Waals surface area contributed by atoms with Crippen molar-refractivity contribution in [2.75, 3.05) is 0 Å². The minimum Gasteiger partial charge on any atom is -0.392 e. The summed E-state index contributed by atoms with van der Waals surface area (Å²) in [4.78, 5) is 4.03. The molecule has 0 unspecified atom stereocenters. The SMILES string of the molecule is C[C@H](O)[C@@H](C)SCc1ccc(-n2ccnc2)cc1. The van der Waals surface area contributed by atoms with Crippen LogP contribution in [0.1, 0.15) is 19.4 Å². The summed E-state index contributed by atoms with van der Waals surface area (Å²) in [6, 6.07) is 8.42. The Morgan fingerprint density at radius 3 is 2.56 bits per heavy atom. The maximum absolute atomic E-state index is 9.44. The van der Waals surface area contributed by atoms with Gasteiger partial charge in [0, 0.05) is 29.1 Å². The van der Waals surface area contributed by atoms with Crippen LogP contribution in [0.3, 0.4) is 0 Å². The van der Waals surface area contributed by atoms with Crippen molar-refractivity contribution in [2.24, 2.45) is 0 Å². The molecule has 2 atom stereocenters. The van der Waals surface area contributed by atoms with E-state index < -0.39 is 0 Å². The van der Waals surface area contributed by atoms with Crippen molar-refractivity contribution in [3.8, 4) is 5.69 Å². The molecule has 1 aromatic heterocycles. The first-order chi connectivity index (χ1) is 8.66. The molecule has 1 heterocycles. The number of imidazole rings is 1. The van der Waals surface area contributed by atoms with E-state index in [0.717, 1.165) is 11.4 Å². The van der Waals surface area contributed by atoms with Gasteiger partial charge in [-0.2, -0.15) is 11.8 Å². The summed E-state index contributed by atoms with van der Waals surface area (Å²) < 4.78 is 1.98. The first-order valence-electron chi connectivity index (χ1n) is 6.04. The molecule has 3 nitrogen and oxygen atoms in total. The van der Waals surface area contributed by atoms with Crippen molar-refractivity contribution < 1.29 is 5.11 Å². The summed E-state index contributed by atoms with van der Waals surface area (Å²) in [5.74, 6) is 0.927. The van der Waals surface area contributed by atoms with Gasteiger partial charge in [-0.25, -0.2) is 4.98 Å². The molecule has 0 fully saturated rings. The van der Waals surface area contributed by atoms with Crippen molar-refractivity contribution in [3.63, 3.8) is 0 Å². The first-order valence-corrected chi connectivity index (χ1v) is 7.08. The lowest BCUT2D eigenvalue weighted by Gasteiger charge is -2.14. The van der Waals surface area contributed by atoms with E-state index in [1.165, 1.54) is 5.56 Å². The predicted molar refractivity (Wildman–Crippen MR) is 76.0 cm³/mol. The van der Waals surface area contributed by atoms with Gasteiger partial charge in [0.2, 0.25) is 0 Å². The van der Waals surface area contributed by atoms with Gasteiger partial charge in [-0.3, -0.25) is 0 Å². The topological polar surface area (TPSA) is 38.0 Å². The fourth-order valence-electron chi connectivity index (χ4n) is 1.54. The third kappa shape index (κ3) is 3.37. The van der Waals surface area contributed by atoms with E-state index in [1.807, 2.05) is 17.7 Å². The number of nitrogens with zero attached hydrogens (tertiary/aromatic N) is 2. The monoisotopic (exact) mass is 262 g/mol. The third-order valence-electron chi connectivity index (χ3n) is 2.93. The van der Waals surface area contributed by atoms with Crippen LogP contribution in [0.2, 0.25) is 0 Å². The standard InChI is InChI=1S/C14H18N2OS/c1-11(17)12(2)18-9-13-3-5-14(6-4-13)16-8-7-15-10-16/h3-8,10-12,17H,9H2,1-2H3/t11-,12+/m0/s1. The number of benzene rings is 1. The smallest absolute Gasteiger partial charge is 0.0991 e. The number of aliphatic hydroxyl groups is 1. The highest BCUT2D eigenvalue weighted by atomic mass is 32.2. The Kier molecular flexibility index (Phi) is 4.44. The number of hydrogen-bond acceptors (Lipinski definition) is 3. The molecule has 0 saturated carbocycles. The highest BCUT2D eigenvalue weighted by Crippen LogP contribution is 2.20. The maximum atomic E-state index is 9.44. The van der Waals surface area contributed by atoms with Gasteiger partial charge in [0.25, 0.3) is 0 Å². The minimum atomic E-state index is -0.264. The van der Waals surface area contributed by atoms with Crippen LogP contribution in [0.25, 0.3) is 5.69 Å². The Balaban J connectivity index is 1.96. The first kappa shape index (κ1) is 13.2. The normalized spacial score (nSPS) is 14.4. The lowest BCUT2D eigenvalue weighted by atomic mass is 10.2. The molecule has 18 heavy (non-hydrogen) atoms. The van der Waals surface area contributed by atoms with E-state index >= 15 is 0 Å². The van der Waals surface area contributed by atoms with Crippen molar-refractivity contribution in [2.45, 2.75) is 31.0 Å². The molecule has 0 radical (unpaired) electrons. The van der Waals surface area contributed by atoms with Crippen LogP contribution in [-0.4, -0.2) is 26.0 Å². The lowest BCUT2D eigenvalue weighted by molar-refractivity contribution is 0.196. The molecule has 0 aliphatic heterocycles.